The SMILES string of the molecule is CC[C@H](C)N1C(=O)[C@@H]2[C@H](C)N[C@@]3(C(=O)Nc4c(C)cc(C)cc43)[C@@H]2C1=O. The highest BCUT2D eigenvalue weighted by Crippen LogP contribution is 2.53. The number of hydrogen-bond acceptors (Lipinski definition) is 4. The maximum Gasteiger partial charge on any atom is 0.250 e. The van der Waals surface area contributed by atoms with Crippen molar-refractivity contribution in [3.63, 3.8) is 0 Å². The first-order valence-electron chi connectivity index (χ1n) is 9.31. The van der Waals surface area contributed by atoms with Crippen LogP contribution >= 0.6 is 0 Å². The predicted molar refractivity (Wildman–Crippen MR) is 97.4 cm³/mol. The number of nitrogens with zero attached hydrogens (tertiary/aromatic N) is 1. The number of hydrogen-bond donors (Lipinski definition) is 2. The second-order valence-electron chi connectivity index (χ2n) is 8.01. The maximum absolute atomic E-state index is 13.3. The number of nitrogens with one attached hydrogen (secondary N) is 2. The maximum atomic E-state index is 13.3. The zero-order chi connectivity index (χ0) is 19.0. The average molecular weight is 355 g/mol. The molecule has 0 aliphatic carbocycles. The van der Waals surface area contributed by atoms with Crippen molar-refractivity contribution in [3.05, 3.63) is 28.8 Å². The fourth-order valence-corrected chi connectivity index (χ4v) is 5.06. The number of carbonyl (C=O) groups excluding carboxylic acids is 3. The topological polar surface area (TPSA) is 78.5 Å². The third-order valence-electron chi connectivity index (χ3n) is 6.38. The molecule has 3 heterocycles. The number of aryl methyl sites for hydroxylation is 2. The molecule has 138 valence electrons. The van der Waals surface area contributed by atoms with Crippen LogP contribution < -0.4 is 10.6 Å². The van der Waals surface area contributed by atoms with Gasteiger partial charge in [-0.05, 0) is 39.7 Å². The fourth-order valence-electron chi connectivity index (χ4n) is 5.06. The van der Waals surface area contributed by atoms with Gasteiger partial charge >= 0.3 is 0 Å². The van der Waals surface area contributed by atoms with Crippen molar-refractivity contribution in [1.29, 1.82) is 0 Å². The monoisotopic (exact) mass is 355 g/mol. The van der Waals surface area contributed by atoms with Crippen molar-refractivity contribution >= 4 is 23.4 Å². The molecule has 0 radical (unpaired) electrons. The van der Waals surface area contributed by atoms with Gasteiger partial charge < -0.3 is 5.32 Å². The van der Waals surface area contributed by atoms with Crippen LogP contribution in [0.15, 0.2) is 12.1 Å². The zero-order valence-electron chi connectivity index (χ0n) is 15.8. The number of imide groups is 1. The van der Waals surface area contributed by atoms with E-state index in [-0.39, 0.29) is 29.8 Å². The number of fused-ring (bicyclic) bond motifs is 4. The summed E-state index contributed by atoms with van der Waals surface area (Å²) in [5.74, 6) is -1.81. The van der Waals surface area contributed by atoms with Crippen LogP contribution in [0.5, 0.6) is 0 Å². The molecular formula is C20H25N3O3. The van der Waals surface area contributed by atoms with Crippen LogP contribution in [-0.4, -0.2) is 34.7 Å². The minimum absolute atomic E-state index is 0.156. The highest BCUT2D eigenvalue weighted by atomic mass is 16.2. The normalized spacial score (nSPS) is 33.7. The lowest BCUT2D eigenvalue weighted by atomic mass is 9.76. The summed E-state index contributed by atoms with van der Waals surface area (Å²) in [6.07, 6.45) is 0.701. The number of anilines is 1. The molecule has 1 aromatic carbocycles. The van der Waals surface area contributed by atoms with Gasteiger partial charge in [-0.3, -0.25) is 24.6 Å². The van der Waals surface area contributed by atoms with Gasteiger partial charge in [0.1, 0.15) is 5.54 Å². The molecule has 2 saturated heterocycles. The number of rotatable bonds is 2. The third-order valence-corrected chi connectivity index (χ3v) is 6.38. The van der Waals surface area contributed by atoms with E-state index in [0.29, 0.717) is 6.42 Å². The molecule has 4 rings (SSSR count). The molecule has 2 fully saturated rings. The Balaban J connectivity index is 1.91. The van der Waals surface area contributed by atoms with E-state index in [1.165, 1.54) is 4.90 Å². The van der Waals surface area contributed by atoms with E-state index in [4.69, 9.17) is 0 Å². The van der Waals surface area contributed by atoms with Gasteiger partial charge in [-0.2, -0.15) is 0 Å². The van der Waals surface area contributed by atoms with E-state index in [2.05, 4.69) is 10.6 Å². The van der Waals surface area contributed by atoms with Gasteiger partial charge in [0.05, 0.1) is 11.8 Å². The van der Waals surface area contributed by atoms with Crippen molar-refractivity contribution in [2.24, 2.45) is 11.8 Å². The van der Waals surface area contributed by atoms with Gasteiger partial charge in [-0.15, -0.1) is 0 Å². The van der Waals surface area contributed by atoms with Gasteiger partial charge in [0.25, 0.3) is 0 Å². The lowest BCUT2D eigenvalue weighted by Gasteiger charge is -2.30. The minimum Gasteiger partial charge on any atom is -0.324 e. The van der Waals surface area contributed by atoms with Crippen LogP contribution in [0, 0.1) is 25.7 Å². The Morgan fingerprint density at radius 1 is 1.19 bits per heavy atom. The number of likely N-dealkylation sites (tertiary alicyclic amines) is 1. The second-order valence-corrected chi connectivity index (χ2v) is 8.01. The summed E-state index contributed by atoms with van der Waals surface area (Å²) in [6.45, 7) is 9.67. The van der Waals surface area contributed by atoms with Crippen molar-refractivity contribution < 1.29 is 14.4 Å². The molecule has 3 amide bonds. The summed E-state index contributed by atoms with van der Waals surface area (Å²) in [6, 6.07) is 3.57. The van der Waals surface area contributed by atoms with E-state index >= 15 is 0 Å². The zero-order valence-corrected chi connectivity index (χ0v) is 15.8. The van der Waals surface area contributed by atoms with Gasteiger partial charge in [0, 0.05) is 23.3 Å². The van der Waals surface area contributed by atoms with Crippen LogP contribution in [0.4, 0.5) is 5.69 Å². The first kappa shape index (κ1) is 17.2. The summed E-state index contributed by atoms with van der Waals surface area (Å²) in [4.78, 5) is 40.9. The highest BCUT2D eigenvalue weighted by Gasteiger charge is 2.70. The van der Waals surface area contributed by atoms with E-state index in [1.807, 2.05) is 46.8 Å². The van der Waals surface area contributed by atoms with E-state index < -0.39 is 17.4 Å². The first-order valence-corrected chi connectivity index (χ1v) is 9.31. The molecule has 1 spiro atoms. The van der Waals surface area contributed by atoms with Crippen LogP contribution in [0.1, 0.15) is 43.9 Å². The van der Waals surface area contributed by atoms with Crippen molar-refractivity contribution in [2.45, 2.75) is 58.7 Å². The van der Waals surface area contributed by atoms with E-state index in [0.717, 1.165) is 22.4 Å². The van der Waals surface area contributed by atoms with Crippen molar-refractivity contribution in [1.82, 2.24) is 10.2 Å². The Kier molecular flexibility index (Phi) is 3.57. The molecule has 3 aliphatic rings. The molecule has 2 N–H and O–H groups in total. The molecule has 0 bridgehead atoms. The summed E-state index contributed by atoms with van der Waals surface area (Å²) in [7, 11) is 0. The standard InChI is InChI=1S/C20H25N3O3/c1-6-11(4)23-17(24)14-12(5)22-20(15(14)18(23)25)13-8-9(2)7-10(3)16(13)21-19(20)26/h7-8,11-12,14-15,22H,6H2,1-5H3,(H,21,26)/t11-,12-,14+,15-,20+/m0/s1. The second kappa shape index (κ2) is 5.39. The summed E-state index contributed by atoms with van der Waals surface area (Å²) in [5.41, 5.74) is 2.41. The van der Waals surface area contributed by atoms with Crippen LogP contribution in [-0.2, 0) is 19.9 Å². The van der Waals surface area contributed by atoms with Gasteiger partial charge in [-0.1, -0.05) is 24.6 Å². The molecule has 3 aliphatic heterocycles. The summed E-state index contributed by atoms with van der Waals surface area (Å²) < 4.78 is 0. The molecule has 0 aromatic heterocycles. The van der Waals surface area contributed by atoms with Gasteiger partial charge in [0.2, 0.25) is 17.7 Å². The molecule has 6 heteroatoms. The number of amides is 3. The quantitative estimate of drug-likeness (QED) is 0.794. The van der Waals surface area contributed by atoms with E-state index in [1.54, 1.807) is 0 Å². The molecule has 26 heavy (non-hydrogen) atoms. The first-order chi connectivity index (χ1) is 12.2. The lowest BCUT2D eigenvalue weighted by Crippen LogP contribution is -2.53. The largest absolute Gasteiger partial charge is 0.324 e. The summed E-state index contributed by atoms with van der Waals surface area (Å²) in [5, 5.41) is 6.32. The Labute approximate surface area is 153 Å². The fraction of sp³-hybridized carbons (Fsp3) is 0.550. The summed E-state index contributed by atoms with van der Waals surface area (Å²) >= 11 is 0. The van der Waals surface area contributed by atoms with Crippen LogP contribution in [0.2, 0.25) is 0 Å². The molecule has 6 nitrogen and oxygen atoms in total. The average Bonchev–Trinajstić information content (AvgIpc) is 3.13. The predicted octanol–water partition coefficient (Wildman–Crippen LogP) is 1.84. The highest BCUT2D eigenvalue weighted by molar-refractivity contribution is 6.15. The molecule has 0 saturated carbocycles. The van der Waals surface area contributed by atoms with Crippen molar-refractivity contribution in [3.8, 4) is 0 Å². The van der Waals surface area contributed by atoms with Gasteiger partial charge in [-0.25, -0.2) is 0 Å². The number of carbonyl (C=O) groups is 3. The molecule has 5 atom stereocenters. The molecule has 1 aromatic rings. The van der Waals surface area contributed by atoms with Crippen molar-refractivity contribution in [2.75, 3.05) is 5.32 Å². The molecular weight excluding hydrogens is 330 g/mol. The van der Waals surface area contributed by atoms with Crippen LogP contribution in [0.3, 0.4) is 0 Å². The Morgan fingerprint density at radius 2 is 1.88 bits per heavy atom. The molecule has 0 unspecified atom stereocenters. The van der Waals surface area contributed by atoms with E-state index in [9.17, 15) is 14.4 Å². The smallest absolute Gasteiger partial charge is 0.250 e. The Hall–Kier alpha value is -2.21. The minimum atomic E-state index is -1.16. The number of benzene rings is 1. The Bertz CT molecular complexity index is 849. The Morgan fingerprint density at radius 3 is 2.54 bits per heavy atom. The third kappa shape index (κ3) is 1.88. The van der Waals surface area contributed by atoms with Gasteiger partial charge in [0.15, 0.2) is 0 Å². The lowest BCUT2D eigenvalue weighted by molar-refractivity contribution is -0.145. The van der Waals surface area contributed by atoms with Crippen LogP contribution in [0.25, 0.3) is 0 Å².